The molecule has 4 heteroatoms. The Labute approximate surface area is 95.0 Å². The van der Waals surface area contributed by atoms with E-state index in [1.807, 2.05) is 24.3 Å². The Morgan fingerprint density at radius 2 is 2.19 bits per heavy atom. The van der Waals surface area contributed by atoms with E-state index in [0.717, 1.165) is 24.2 Å². The molecule has 0 fully saturated rings. The summed E-state index contributed by atoms with van der Waals surface area (Å²) in [6.07, 6.45) is 2.01. The van der Waals surface area contributed by atoms with E-state index in [9.17, 15) is 4.79 Å². The highest BCUT2D eigenvalue weighted by Crippen LogP contribution is 2.19. The SMILES string of the molecule is COc1ccccc1CCC[C@H](N)C(=O)O. The molecular weight excluding hydrogens is 206 g/mol. The molecule has 0 saturated heterocycles. The van der Waals surface area contributed by atoms with Gasteiger partial charge in [-0.2, -0.15) is 0 Å². The molecule has 16 heavy (non-hydrogen) atoms. The summed E-state index contributed by atoms with van der Waals surface area (Å²) in [5.41, 5.74) is 6.51. The number of carboxylic acid groups (broad SMARTS) is 1. The number of rotatable bonds is 6. The molecular formula is C12H17NO3. The van der Waals surface area contributed by atoms with Crippen LogP contribution in [0.3, 0.4) is 0 Å². The first-order valence-electron chi connectivity index (χ1n) is 5.25. The van der Waals surface area contributed by atoms with Crippen LogP contribution in [0, 0.1) is 0 Å². The standard InChI is InChI=1S/C12H17NO3/c1-16-11-8-3-2-5-9(11)6-4-7-10(13)12(14)15/h2-3,5,8,10H,4,6-7,13H2,1H3,(H,14,15)/t10-/m0/s1. The summed E-state index contributed by atoms with van der Waals surface area (Å²) in [4.78, 5) is 10.5. The smallest absolute Gasteiger partial charge is 0.320 e. The predicted molar refractivity (Wildman–Crippen MR) is 61.5 cm³/mol. The molecule has 1 atom stereocenters. The molecule has 0 amide bonds. The molecule has 0 aliphatic rings. The monoisotopic (exact) mass is 223 g/mol. The third kappa shape index (κ3) is 3.55. The summed E-state index contributed by atoms with van der Waals surface area (Å²) >= 11 is 0. The van der Waals surface area contributed by atoms with Gasteiger partial charge < -0.3 is 15.6 Å². The Hall–Kier alpha value is -1.55. The Balaban J connectivity index is 2.45. The van der Waals surface area contributed by atoms with Crippen LogP contribution in [0.1, 0.15) is 18.4 Å². The number of aryl methyl sites for hydroxylation is 1. The lowest BCUT2D eigenvalue weighted by Crippen LogP contribution is -2.29. The van der Waals surface area contributed by atoms with Gasteiger partial charge >= 0.3 is 5.97 Å². The first-order valence-corrected chi connectivity index (χ1v) is 5.25. The minimum Gasteiger partial charge on any atom is -0.496 e. The molecule has 0 heterocycles. The number of ether oxygens (including phenoxy) is 1. The molecule has 0 radical (unpaired) electrons. The molecule has 4 nitrogen and oxygen atoms in total. The van der Waals surface area contributed by atoms with E-state index in [0.29, 0.717) is 6.42 Å². The second kappa shape index (κ2) is 6.12. The number of nitrogens with two attached hydrogens (primary N) is 1. The van der Waals surface area contributed by atoms with Crippen molar-refractivity contribution in [1.29, 1.82) is 0 Å². The van der Waals surface area contributed by atoms with Gasteiger partial charge in [0.1, 0.15) is 11.8 Å². The lowest BCUT2D eigenvalue weighted by atomic mass is 10.0. The van der Waals surface area contributed by atoms with Crippen LogP contribution in [-0.4, -0.2) is 24.2 Å². The third-order valence-electron chi connectivity index (χ3n) is 2.47. The van der Waals surface area contributed by atoms with Crippen LogP contribution in [0.4, 0.5) is 0 Å². The van der Waals surface area contributed by atoms with Crippen molar-refractivity contribution in [3.63, 3.8) is 0 Å². The van der Waals surface area contributed by atoms with Gasteiger partial charge in [0.25, 0.3) is 0 Å². The summed E-state index contributed by atoms with van der Waals surface area (Å²) in [6.45, 7) is 0. The van der Waals surface area contributed by atoms with Crippen LogP contribution in [0.25, 0.3) is 0 Å². The molecule has 1 aromatic rings. The number of carboxylic acids is 1. The maximum absolute atomic E-state index is 10.5. The van der Waals surface area contributed by atoms with Crippen molar-refractivity contribution in [1.82, 2.24) is 0 Å². The number of hydrogen-bond acceptors (Lipinski definition) is 3. The van der Waals surface area contributed by atoms with Crippen molar-refractivity contribution in [2.75, 3.05) is 7.11 Å². The predicted octanol–water partition coefficient (Wildman–Crippen LogP) is 1.43. The minimum atomic E-state index is -0.944. The molecule has 1 aromatic carbocycles. The normalized spacial score (nSPS) is 12.1. The maximum atomic E-state index is 10.5. The lowest BCUT2D eigenvalue weighted by molar-refractivity contribution is -0.138. The second-order valence-corrected chi connectivity index (χ2v) is 3.65. The van der Waals surface area contributed by atoms with Crippen LogP contribution >= 0.6 is 0 Å². The largest absolute Gasteiger partial charge is 0.496 e. The minimum absolute atomic E-state index is 0.480. The van der Waals surface area contributed by atoms with Crippen molar-refractivity contribution in [2.24, 2.45) is 5.73 Å². The van der Waals surface area contributed by atoms with Gasteiger partial charge in [0.15, 0.2) is 0 Å². The first-order chi connectivity index (χ1) is 7.65. The van der Waals surface area contributed by atoms with Gasteiger partial charge in [-0.15, -0.1) is 0 Å². The Morgan fingerprint density at radius 3 is 2.81 bits per heavy atom. The fraction of sp³-hybridized carbons (Fsp3) is 0.417. The topological polar surface area (TPSA) is 72.5 Å². The molecule has 0 spiro atoms. The third-order valence-corrected chi connectivity index (χ3v) is 2.47. The lowest BCUT2D eigenvalue weighted by Gasteiger charge is -2.09. The maximum Gasteiger partial charge on any atom is 0.320 e. The number of aliphatic carboxylic acids is 1. The van der Waals surface area contributed by atoms with Crippen LogP contribution in [-0.2, 0) is 11.2 Å². The molecule has 88 valence electrons. The number of para-hydroxylation sites is 1. The van der Waals surface area contributed by atoms with Gasteiger partial charge in [-0.3, -0.25) is 4.79 Å². The average molecular weight is 223 g/mol. The quantitative estimate of drug-likeness (QED) is 0.765. The van der Waals surface area contributed by atoms with Gasteiger partial charge in [0, 0.05) is 0 Å². The van der Waals surface area contributed by atoms with E-state index < -0.39 is 12.0 Å². The Kier molecular flexibility index (Phi) is 4.79. The Bertz CT molecular complexity index is 352. The summed E-state index contributed by atoms with van der Waals surface area (Å²) in [5, 5.41) is 8.63. The number of carbonyl (C=O) groups is 1. The van der Waals surface area contributed by atoms with Crippen LogP contribution in [0.2, 0.25) is 0 Å². The van der Waals surface area contributed by atoms with E-state index in [1.165, 1.54) is 0 Å². The van der Waals surface area contributed by atoms with Crippen molar-refractivity contribution < 1.29 is 14.6 Å². The average Bonchev–Trinajstić information content (AvgIpc) is 2.29. The fourth-order valence-corrected chi connectivity index (χ4v) is 1.55. The zero-order chi connectivity index (χ0) is 12.0. The fourth-order valence-electron chi connectivity index (χ4n) is 1.55. The van der Waals surface area contributed by atoms with Crippen molar-refractivity contribution in [2.45, 2.75) is 25.3 Å². The first kappa shape index (κ1) is 12.5. The van der Waals surface area contributed by atoms with Crippen molar-refractivity contribution in [3.8, 4) is 5.75 Å². The van der Waals surface area contributed by atoms with Crippen LogP contribution in [0.5, 0.6) is 5.75 Å². The zero-order valence-electron chi connectivity index (χ0n) is 9.35. The molecule has 0 saturated carbocycles. The highest BCUT2D eigenvalue weighted by Gasteiger charge is 2.11. The molecule has 0 bridgehead atoms. The zero-order valence-corrected chi connectivity index (χ0v) is 9.35. The van der Waals surface area contributed by atoms with Gasteiger partial charge in [-0.05, 0) is 30.9 Å². The molecule has 0 aliphatic carbocycles. The van der Waals surface area contributed by atoms with E-state index in [-0.39, 0.29) is 0 Å². The van der Waals surface area contributed by atoms with Crippen molar-refractivity contribution >= 4 is 5.97 Å². The van der Waals surface area contributed by atoms with Crippen LogP contribution < -0.4 is 10.5 Å². The Morgan fingerprint density at radius 1 is 1.50 bits per heavy atom. The van der Waals surface area contributed by atoms with E-state index >= 15 is 0 Å². The van der Waals surface area contributed by atoms with Gasteiger partial charge in [-0.1, -0.05) is 18.2 Å². The number of methoxy groups -OCH3 is 1. The summed E-state index contributed by atoms with van der Waals surface area (Å²) in [7, 11) is 1.63. The summed E-state index contributed by atoms with van der Waals surface area (Å²) in [5.74, 6) is -0.105. The highest BCUT2D eigenvalue weighted by molar-refractivity contribution is 5.72. The van der Waals surface area contributed by atoms with Crippen molar-refractivity contribution in [3.05, 3.63) is 29.8 Å². The number of hydrogen-bond donors (Lipinski definition) is 2. The molecule has 3 N–H and O–H groups in total. The van der Waals surface area contributed by atoms with E-state index in [1.54, 1.807) is 7.11 Å². The van der Waals surface area contributed by atoms with Crippen LogP contribution in [0.15, 0.2) is 24.3 Å². The van der Waals surface area contributed by atoms with E-state index in [4.69, 9.17) is 15.6 Å². The molecule has 0 aliphatic heterocycles. The molecule has 1 rings (SSSR count). The summed E-state index contributed by atoms with van der Waals surface area (Å²) in [6, 6.07) is 6.95. The molecule has 0 unspecified atom stereocenters. The van der Waals surface area contributed by atoms with E-state index in [2.05, 4.69) is 0 Å². The van der Waals surface area contributed by atoms with Gasteiger partial charge in [0.2, 0.25) is 0 Å². The highest BCUT2D eigenvalue weighted by atomic mass is 16.5. The summed E-state index contributed by atoms with van der Waals surface area (Å²) < 4.78 is 5.20. The van der Waals surface area contributed by atoms with Gasteiger partial charge in [-0.25, -0.2) is 0 Å². The second-order valence-electron chi connectivity index (χ2n) is 3.65. The number of benzene rings is 1. The van der Waals surface area contributed by atoms with Gasteiger partial charge in [0.05, 0.1) is 7.11 Å². The molecule has 0 aromatic heterocycles.